The number of nitrogens with two attached hydrogens (primary N) is 1. The van der Waals surface area contributed by atoms with E-state index >= 15 is 0 Å². The number of primary amides is 1. The van der Waals surface area contributed by atoms with Gasteiger partial charge in [-0.05, 0) is 11.6 Å². The van der Waals surface area contributed by atoms with Crippen LogP contribution in [-0.2, 0) is 6.54 Å². The number of hydrogen-bond acceptors (Lipinski definition) is 3. The van der Waals surface area contributed by atoms with E-state index in [0.29, 0.717) is 17.8 Å². The van der Waals surface area contributed by atoms with E-state index in [4.69, 9.17) is 5.73 Å². The van der Waals surface area contributed by atoms with Crippen LogP contribution in [0.2, 0.25) is 0 Å². The monoisotopic (exact) mass is 328 g/mol. The van der Waals surface area contributed by atoms with Crippen molar-refractivity contribution in [1.29, 1.82) is 0 Å². The number of amides is 1. The van der Waals surface area contributed by atoms with Crippen LogP contribution < -0.4 is 5.73 Å². The molecule has 4 aromatic rings. The van der Waals surface area contributed by atoms with Gasteiger partial charge in [0.05, 0.1) is 17.6 Å². The minimum atomic E-state index is -0.485. The highest BCUT2D eigenvalue weighted by atomic mass is 16.1. The largest absolute Gasteiger partial charge is 0.365 e. The molecular formula is C20H16N4O. The number of rotatable bonds is 4. The average Bonchev–Trinajstić information content (AvgIpc) is 3.07. The van der Waals surface area contributed by atoms with Crippen LogP contribution in [0.1, 0.15) is 15.9 Å². The maximum Gasteiger partial charge on any atom is 0.252 e. The minimum Gasteiger partial charge on any atom is -0.365 e. The van der Waals surface area contributed by atoms with Crippen LogP contribution in [0.3, 0.4) is 0 Å². The van der Waals surface area contributed by atoms with Gasteiger partial charge in [-0.25, -0.2) is 0 Å². The number of carbonyl (C=O) groups is 1. The molecule has 0 atom stereocenters. The Bertz CT molecular complexity index is 1050. The molecule has 0 saturated carbocycles. The normalized spacial score (nSPS) is 10.9. The molecule has 5 heteroatoms. The van der Waals surface area contributed by atoms with Crippen molar-refractivity contribution < 1.29 is 4.79 Å². The zero-order valence-corrected chi connectivity index (χ0v) is 13.5. The fourth-order valence-electron chi connectivity index (χ4n) is 2.96. The van der Waals surface area contributed by atoms with E-state index in [9.17, 15) is 4.79 Å². The molecule has 0 aliphatic heterocycles. The summed E-state index contributed by atoms with van der Waals surface area (Å²) in [6.07, 6.45) is 3.48. The second-order valence-corrected chi connectivity index (χ2v) is 5.81. The molecule has 25 heavy (non-hydrogen) atoms. The summed E-state index contributed by atoms with van der Waals surface area (Å²) in [5, 5.41) is 5.67. The Kier molecular flexibility index (Phi) is 3.74. The van der Waals surface area contributed by atoms with Gasteiger partial charge in [0, 0.05) is 23.3 Å². The summed E-state index contributed by atoms with van der Waals surface area (Å²) < 4.78 is 1.74. The van der Waals surface area contributed by atoms with Crippen LogP contribution in [-0.4, -0.2) is 20.7 Å². The van der Waals surface area contributed by atoms with Gasteiger partial charge < -0.3 is 5.73 Å². The molecule has 2 aromatic carbocycles. The molecule has 0 radical (unpaired) electrons. The fourth-order valence-corrected chi connectivity index (χ4v) is 2.96. The molecular weight excluding hydrogens is 312 g/mol. The quantitative estimate of drug-likeness (QED) is 0.625. The first kappa shape index (κ1) is 15.1. The standard InChI is InChI=1S/C20H16N4O/c21-20(25)17-13-24(23-19(17)15-6-2-1-3-7-15)12-16-9-4-8-14-10-5-11-22-18(14)16/h1-11,13H,12H2,(H2,21,25). The van der Waals surface area contributed by atoms with Gasteiger partial charge in [-0.1, -0.05) is 54.6 Å². The van der Waals surface area contributed by atoms with Gasteiger partial charge in [0.2, 0.25) is 0 Å². The van der Waals surface area contributed by atoms with Crippen LogP contribution in [0.15, 0.2) is 73.1 Å². The lowest BCUT2D eigenvalue weighted by molar-refractivity contribution is 0.100. The van der Waals surface area contributed by atoms with E-state index in [0.717, 1.165) is 22.0 Å². The first-order valence-electron chi connectivity index (χ1n) is 7.97. The minimum absolute atomic E-state index is 0.416. The van der Waals surface area contributed by atoms with Gasteiger partial charge in [-0.15, -0.1) is 0 Å². The number of nitrogens with zero attached hydrogens (tertiary/aromatic N) is 3. The van der Waals surface area contributed by atoms with Crippen molar-refractivity contribution in [2.24, 2.45) is 5.73 Å². The molecule has 122 valence electrons. The van der Waals surface area contributed by atoms with E-state index in [1.807, 2.05) is 60.7 Å². The summed E-state index contributed by atoms with van der Waals surface area (Å²) in [6.45, 7) is 0.515. The summed E-state index contributed by atoms with van der Waals surface area (Å²) in [7, 11) is 0. The second kappa shape index (κ2) is 6.20. The highest BCUT2D eigenvalue weighted by Crippen LogP contribution is 2.23. The predicted octanol–water partition coefficient (Wildman–Crippen LogP) is 3.25. The molecule has 2 heterocycles. The van der Waals surface area contributed by atoms with Crippen molar-refractivity contribution >= 4 is 16.8 Å². The molecule has 0 bridgehead atoms. The summed E-state index contributed by atoms with van der Waals surface area (Å²) >= 11 is 0. The third kappa shape index (κ3) is 2.87. The zero-order chi connectivity index (χ0) is 17.2. The zero-order valence-electron chi connectivity index (χ0n) is 13.5. The van der Waals surface area contributed by atoms with Crippen molar-refractivity contribution in [2.45, 2.75) is 6.54 Å². The number of benzene rings is 2. The maximum atomic E-state index is 11.8. The molecule has 0 aliphatic carbocycles. The fraction of sp³-hybridized carbons (Fsp3) is 0.0500. The van der Waals surface area contributed by atoms with Gasteiger partial charge in [0.15, 0.2) is 0 Å². The SMILES string of the molecule is NC(=O)c1cn(Cc2cccc3cccnc23)nc1-c1ccccc1. The first-order chi connectivity index (χ1) is 12.2. The highest BCUT2D eigenvalue weighted by molar-refractivity contribution is 5.98. The predicted molar refractivity (Wildman–Crippen MR) is 97.0 cm³/mol. The molecule has 5 nitrogen and oxygen atoms in total. The molecule has 2 N–H and O–H groups in total. The Morgan fingerprint density at radius 2 is 1.80 bits per heavy atom. The van der Waals surface area contributed by atoms with Gasteiger partial charge in [-0.3, -0.25) is 14.5 Å². The lowest BCUT2D eigenvalue weighted by Gasteiger charge is -2.05. The summed E-state index contributed by atoms with van der Waals surface area (Å²) in [5.74, 6) is -0.485. The van der Waals surface area contributed by atoms with Crippen LogP contribution in [0, 0.1) is 0 Å². The van der Waals surface area contributed by atoms with Gasteiger partial charge >= 0.3 is 0 Å². The first-order valence-corrected chi connectivity index (χ1v) is 7.97. The van der Waals surface area contributed by atoms with Crippen molar-refractivity contribution in [3.8, 4) is 11.3 Å². The second-order valence-electron chi connectivity index (χ2n) is 5.81. The Morgan fingerprint density at radius 1 is 1.00 bits per heavy atom. The van der Waals surface area contributed by atoms with E-state index in [1.165, 1.54) is 0 Å². The van der Waals surface area contributed by atoms with Crippen molar-refractivity contribution in [3.63, 3.8) is 0 Å². The number of hydrogen-bond donors (Lipinski definition) is 1. The molecule has 0 aliphatic rings. The number of para-hydroxylation sites is 1. The molecule has 2 aromatic heterocycles. The maximum absolute atomic E-state index is 11.8. The Hall–Kier alpha value is -3.47. The molecule has 0 unspecified atom stereocenters. The smallest absolute Gasteiger partial charge is 0.252 e. The Morgan fingerprint density at radius 3 is 2.60 bits per heavy atom. The van der Waals surface area contributed by atoms with E-state index in [2.05, 4.69) is 10.1 Å². The van der Waals surface area contributed by atoms with Crippen molar-refractivity contribution in [2.75, 3.05) is 0 Å². The number of fused-ring (bicyclic) bond motifs is 1. The molecule has 0 spiro atoms. The van der Waals surface area contributed by atoms with E-state index in [-0.39, 0.29) is 0 Å². The number of aromatic nitrogens is 3. The lowest BCUT2D eigenvalue weighted by atomic mass is 10.1. The van der Waals surface area contributed by atoms with Crippen LogP contribution in [0.25, 0.3) is 22.2 Å². The third-order valence-electron chi connectivity index (χ3n) is 4.12. The average molecular weight is 328 g/mol. The number of carbonyl (C=O) groups excluding carboxylic acids is 1. The lowest BCUT2D eigenvalue weighted by Crippen LogP contribution is -2.11. The van der Waals surface area contributed by atoms with Crippen LogP contribution >= 0.6 is 0 Å². The molecule has 0 saturated heterocycles. The van der Waals surface area contributed by atoms with Gasteiger partial charge in [-0.2, -0.15) is 5.10 Å². The third-order valence-corrected chi connectivity index (χ3v) is 4.12. The number of pyridine rings is 1. The topological polar surface area (TPSA) is 73.8 Å². The van der Waals surface area contributed by atoms with E-state index in [1.54, 1.807) is 17.1 Å². The van der Waals surface area contributed by atoms with Crippen molar-refractivity contribution in [1.82, 2.24) is 14.8 Å². The van der Waals surface area contributed by atoms with Crippen LogP contribution in [0.5, 0.6) is 0 Å². The highest BCUT2D eigenvalue weighted by Gasteiger charge is 2.16. The molecule has 1 amide bonds. The summed E-state index contributed by atoms with van der Waals surface area (Å²) in [5.41, 5.74) is 9.40. The molecule has 0 fully saturated rings. The summed E-state index contributed by atoms with van der Waals surface area (Å²) in [4.78, 5) is 16.3. The van der Waals surface area contributed by atoms with Crippen LogP contribution in [0.4, 0.5) is 0 Å². The Labute approximate surface area is 144 Å². The summed E-state index contributed by atoms with van der Waals surface area (Å²) in [6, 6.07) is 19.6. The van der Waals surface area contributed by atoms with Crippen molar-refractivity contribution in [3.05, 3.63) is 84.2 Å². The Balaban J connectivity index is 1.78. The van der Waals surface area contributed by atoms with Gasteiger partial charge in [0.25, 0.3) is 5.91 Å². The van der Waals surface area contributed by atoms with Gasteiger partial charge in [0.1, 0.15) is 5.69 Å². The van der Waals surface area contributed by atoms with E-state index < -0.39 is 5.91 Å². The molecule has 4 rings (SSSR count).